The van der Waals surface area contributed by atoms with Crippen molar-refractivity contribution in [3.8, 4) is 5.75 Å². The molecular weight excluding hydrogens is 348 g/mol. The molecule has 0 unspecified atom stereocenters. The summed E-state index contributed by atoms with van der Waals surface area (Å²) in [6.45, 7) is 1.34. The number of carbonyl (C=O) groups excluding carboxylic acids is 3. The van der Waals surface area contributed by atoms with Crippen molar-refractivity contribution in [2.24, 2.45) is 0 Å². The van der Waals surface area contributed by atoms with E-state index in [-0.39, 0.29) is 33.9 Å². The van der Waals surface area contributed by atoms with E-state index in [2.05, 4.69) is 0 Å². The number of benzene rings is 2. The molecule has 0 aliphatic carbocycles. The predicted molar refractivity (Wildman–Crippen MR) is 103 cm³/mol. The zero-order chi connectivity index (χ0) is 18.2. The third-order valence-electron chi connectivity index (χ3n) is 3.40. The van der Waals surface area contributed by atoms with Crippen LogP contribution in [0.15, 0.2) is 48.5 Å². The molecule has 0 N–H and O–H groups in total. The van der Waals surface area contributed by atoms with Gasteiger partial charge in [0.05, 0.1) is 18.2 Å². The molecule has 146 valence electrons. The summed E-state index contributed by atoms with van der Waals surface area (Å²) in [6.07, 6.45) is 0. The average molecular weight is 374 g/mol. The number of carbonyl (C=O) groups is 3. The van der Waals surface area contributed by atoms with Crippen LogP contribution in [0.5, 0.6) is 5.75 Å². The molecule has 0 aromatic heterocycles. The van der Waals surface area contributed by atoms with Gasteiger partial charge in [0.25, 0.3) is 0 Å². The highest BCUT2D eigenvalue weighted by atomic mass is 16.6. The van der Waals surface area contributed by atoms with E-state index in [9.17, 15) is 14.4 Å². The fourth-order valence-electron chi connectivity index (χ4n) is 2.00. The van der Waals surface area contributed by atoms with Crippen LogP contribution in [0.1, 0.15) is 52.9 Å². The van der Waals surface area contributed by atoms with Crippen molar-refractivity contribution < 1.29 is 28.6 Å². The Bertz CT molecular complexity index is 747. The lowest BCUT2D eigenvalue weighted by atomic mass is 10.1. The molecule has 0 saturated carbocycles. The minimum absolute atomic E-state index is 0. The largest absolute Gasteiger partial charge is 0.497 e. The van der Waals surface area contributed by atoms with Gasteiger partial charge in [-0.3, -0.25) is 4.79 Å². The molecule has 0 spiro atoms. The Morgan fingerprint density at radius 1 is 0.704 bits per heavy atom. The van der Waals surface area contributed by atoms with E-state index in [1.165, 1.54) is 26.2 Å². The fraction of sp³-hybridized carbons (Fsp3) is 0.286. The molecule has 0 heterocycles. The summed E-state index contributed by atoms with van der Waals surface area (Å²) >= 11 is 0. The normalized spacial score (nSPS) is 9.26. The molecule has 6 heteroatoms. The van der Waals surface area contributed by atoms with Crippen LogP contribution in [0.4, 0.5) is 0 Å². The number of hydrogen-bond donors (Lipinski definition) is 0. The zero-order valence-corrected chi connectivity index (χ0v) is 14.0. The molecule has 6 nitrogen and oxygen atoms in total. The van der Waals surface area contributed by atoms with Gasteiger partial charge in [-0.25, -0.2) is 9.59 Å². The first kappa shape index (κ1) is 23.9. The van der Waals surface area contributed by atoms with Gasteiger partial charge < -0.3 is 14.2 Å². The minimum atomic E-state index is -0.546. The number of ketones is 1. The van der Waals surface area contributed by atoms with Crippen LogP contribution < -0.4 is 4.74 Å². The molecule has 0 saturated heterocycles. The number of methoxy groups -OCH3 is 1. The van der Waals surface area contributed by atoms with Crippen LogP contribution in [-0.2, 0) is 9.47 Å². The van der Waals surface area contributed by atoms with Crippen LogP contribution in [0, 0.1) is 0 Å². The van der Waals surface area contributed by atoms with E-state index < -0.39 is 11.9 Å². The molecule has 0 atom stereocenters. The number of Topliss-reactive ketones (excluding diaryl/α,β-unsaturated/α-hetero) is 1. The van der Waals surface area contributed by atoms with Crippen LogP contribution in [0.3, 0.4) is 0 Å². The van der Waals surface area contributed by atoms with Crippen molar-refractivity contribution in [1.29, 1.82) is 0 Å². The monoisotopic (exact) mass is 374 g/mol. The second-order valence-corrected chi connectivity index (χ2v) is 5.13. The van der Waals surface area contributed by atoms with Gasteiger partial charge in [0, 0.05) is 5.56 Å². The van der Waals surface area contributed by atoms with Crippen LogP contribution >= 0.6 is 0 Å². The first-order valence-electron chi connectivity index (χ1n) is 7.60. The van der Waals surface area contributed by atoms with E-state index in [0.29, 0.717) is 22.4 Å². The number of hydrogen-bond acceptors (Lipinski definition) is 6. The van der Waals surface area contributed by atoms with Gasteiger partial charge in [0.1, 0.15) is 19.0 Å². The Hall–Kier alpha value is -3.15. The summed E-state index contributed by atoms with van der Waals surface area (Å²) in [4.78, 5) is 34.9. The third-order valence-corrected chi connectivity index (χ3v) is 3.40. The van der Waals surface area contributed by atoms with Gasteiger partial charge in [-0.05, 0) is 43.3 Å². The predicted octanol–water partition coefficient (Wildman–Crippen LogP) is 4.18. The van der Waals surface area contributed by atoms with Crippen molar-refractivity contribution >= 4 is 17.7 Å². The van der Waals surface area contributed by atoms with Gasteiger partial charge in [0.15, 0.2) is 5.78 Å². The highest BCUT2D eigenvalue weighted by molar-refractivity contribution is 5.96. The molecule has 27 heavy (non-hydrogen) atoms. The minimum Gasteiger partial charge on any atom is -0.497 e. The summed E-state index contributed by atoms with van der Waals surface area (Å²) in [5.74, 6) is -0.494. The maximum absolute atomic E-state index is 11.8. The SMILES string of the molecule is C.C.COc1ccc(C(=O)OCCOC(=O)c2ccc(C(C)=O)cc2)cc1. The summed E-state index contributed by atoms with van der Waals surface area (Å²) < 4.78 is 15.1. The molecule has 0 fully saturated rings. The first-order chi connectivity index (χ1) is 12.0. The lowest BCUT2D eigenvalue weighted by Gasteiger charge is -2.07. The summed E-state index contributed by atoms with van der Waals surface area (Å²) in [7, 11) is 1.54. The molecule has 2 aromatic rings. The lowest BCUT2D eigenvalue weighted by molar-refractivity contribution is 0.0265. The molecule has 0 radical (unpaired) electrons. The molecule has 0 aliphatic rings. The van der Waals surface area contributed by atoms with Gasteiger partial charge >= 0.3 is 11.9 Å². The van der Waals surface area contributed by atoms with E-state index in [0.717, 1.165) is 0 Å². The summed E-state index contributed by atoms with van der Waals surface area (Å²) in [6, 6.07) is 12.6. The van der Waals surface area contributed by atoms with Crippen molar-refractivity contribution in [2.75, 3.05) is 20.3 Å². The Morgan fingerprint density at radius 2 is 1.07 bits per heavy atom. The van der Waals surface area contributed by atoms with Crippen molar-refractivity contribution in [2.45, 2.75) is 21.8 Å². The Balaban J connectivity index is 0.00000338. The number of esters is 2. The van der Waals surface area contributed by atoms with Gasteiger partial charge in [0.2, 0.25) is 0 Å². The Labute approximate surface area is 160 Å². The number of rotatable bonds is 7. The molecule has 2 rings (SSSR count). The van der Waals surface area contributed by atoms with E-state index >= 15 is 0 Å². The zero-order valence-electron chi connectivity index (χ0n) is 14.0. The van der Waals surface area contributed by atoms with E-state index in [1.807, 2.05) is 0 Å². The Morgan fingerprint density at radius 3 is 1.44 bits per heavy atom. The highest BCUT2D eigenvalue weighted by Gasteiger charge is 2.10. The van der Waals surface area contributed by atoms with Gasteiger partial charge in [-0.1, -0.05) is 27.0 Å². The van der Waals surface area contributed by atoms with Crippen molar-refractivity contribution in [3.63, 3.8) is 0 Å². The molecule has 0 aliphatic heterocycles. The standard InChI is InChI=1S/C19H18O6.2CH4/c1-13(20)14-3-5-15(6-4-14)18(21)24-11-12-25-19(22)16-7-9-17(23-2)10-8-16;;/h3-10H,11-12H2,1-2H3;2*1H4. The average Bonchev–Trinajstić information content (AvgIpc) is 2.65. The number of ether oxygens (including phenoxy) is 3. The molecule has 2 aromatic carbocycles. The first-order valence-corrected chi connectivity index (χ1v) is 7.60. The maximum Gasteiger partial charge on any atom is 0.338 e. The van der Waals surface area contributed by atoms with E-state index in [4.69, 9.17) is 14.2 Å². The highest BCUT2D eigenvalue weighted by Crippen LogP contribution is 2.12. The second kappa shape index (κ2) is 11.5. The van der Waals surface area contributed by atoms with Crippen LogP contribution in [0.2, 0.25) is 0 Å². The van der Waals surface area contributed by atoms with Crippen LogP contribution in [0.25, 0.3) is 0 Å². The molecule has 0 amide bonds. The van der Waals surface area contributed by atoms with Crippen molar-refractivity contribution in [1.82, 2.24) is 0 Å². The Kier molecular flexibility index (Phi) is 10.1. The quantitative estimate of drug-likeness (QED) is 0.411. The van der Waals surface area contributed by atoms with Crippen molar-refractivity contribution in [3.05, 3.63) is 65.2 Å². The molecular formula is C21H26O6. The smallest absolute Gasteiger partial charge is 0.338 e. The van der Waals surface area contributed by atoms with Crippen LogP contribution in [-0.4, -0.2) is 38.0 Å². The maximum atomic E-state index is 11.8. The summed E-state index contributed by atoms with van der Waals surface area (Å²) in [5, 5.41) is 0. The fourth-order valence-corrected chi connectivity index (χ4v) is 2.00. The topological polar surface area (TPSA) is 78.9 Å². The molecule has 0 bridgehead atoms. The van der Waals surface area contributed by atoms with Gasteiger partial charge in [-0.2, -0.15) is 0 Å². The summed E-state index contributed by atoms with van der Waals surface area (Å²) in [5.41, 5.74) is 1.23. The van der Waals surface area contributed by atoms with Gasteiger partial charge in [-0.15, -0.1) is 0 Å². The van der Waals surface area contributed by atoms with E-state index in [1.54, 1.807) is 36.4 Å². The third kappa shape index (κ3) is 6.93. The lowest BCUT2D eigenvalue weighted by Crippen LogP contribution is -2.14. The second-order valence-electron chi connectivity index (χ2n) is 5.13.